The fourth-order valence-corrected chi connectivity index (χ4v) is 4.38. The van der Waals surface area contributed by atoms with Crippen molar-refractivity contribution >= 4 is 23.2 Å². The first kappa shape index (κ1) is 18.3. The maximum Gasteiger partial charge on any atom is 0.253 e. The summed E-state index contributed by atoms with van der Waals surface area (Å²) in [5, 5.41) is 5.95. The first-order valence-corrected chi connectivity index (χ1v) is 10.3. The van der Waals surface area contributed by atoms with Crippen molar-refractivity contribution in [1.82, 2.24) is 0 Å². The molecule has 0 aromatic heterocycles. The predicted octanol–water partition coefficient (Wildman–Crippen LogP) is 3.49. The Morgan fingerprint density at radius 2 is 1.24 bits per heavy atom. The van der Waals surface area contributed by atoms with Crippen molar-refractivity contribution in [3.05, 3.63) is 47.5 Å². The molecule has 2 heterocycles. The van der Waals surface area contributed by atoms with Gasteiger partial charge in [0.1, 0.15) is 12.2 Å². The molecule has 0 spiro atoms. The van der Waals surface area contributed by atoms with Gasteiger partial charge in [0.25, 0.3) is 11.8 Å². The number of amides is 2. The SMILES string of the molecule is O=C(Nc1ccc2c(c1)Cc1cc(NC(=O)[C@H]3CCCO3)ccc1-2)[C@H]1CCCO1. The Morgan fingerprint density at radius 1 is 0.759 bits per heavy atom. The molecule has 1 aliphatic carbocycles. The number of ether oxygens (including phenoxy) is 2. The number of carbonyl (C=O) groups is 2. The van der Waals surface area contributed by atoms with E-state index in [0.717, 1.165) is 43.5 Å². The molecule has 2 amide bonds. The number of carbonyl (C=O) groups excluding carboxylic acids is 2. The van der Waals surface area contributed by atoms with Crippen LogP contribution in [0.2, 0.25) is 0 Å². The predicted molar refractivity (Wildman–Crippen MR) is 110 cm³/mol. The molecule has 2 atom stereocenters. The second kappa shape index (κ2) is 7.61. The van der Waals surface area contributed by atoms with Crippen molar-refractivity contribution < 1.29 is 19.1 Å². The van der Waals surface area contributed by atoms with Crippen LogP contribution in [0.4, 0.5) is 11.4 Å². The largest absolute Gasteiger partial charge is 0.368 e. The Kier molecular flexibility index (Phi) is 4.81. The summed E-state index contributed by atoms with van der Waals surface area (Å²) in [5.41, 5.74) is 6.28. The molecule has 2 aromatic rings. The van der Waals surface area contributed by atoms with Crippen LogP contribution < -0.4 is 10.6 Å². The fourth-order valence-electron chi connectivity index (χ4n) is 4.38. The number of hydrogen-bond donors (Lipinski definition) is 2. The Hall–Kier alpha value is -2.70. The Balaban J connectivity index is 1.29. The van der Waals surface area contributed by atoms with Gasteiger partial charge in [0.2, 0.25) is 0 Å². The molecular formula is C23H24N2O4. The normalized spacial score (nSPS) is 22.2. The van der Waals surface area contributed by atoms with Crippen LogP contribution in [0.15, 0.2) is 36.4 Å². The molecule has 2 fully saturated rings. The van der Waals surface area contributed by atoms with Gasteiger partial charge in [0.15, 0.2) is 0 Å². The number of benzene rings is 2. The van der Waals surface area contributed by atoms with Gasteiger partial charge in [-0.3, -0.25) is 9.59 Å². The second-order valence-electron chi connectivity index (χ2n) is 7.90. The third-order valence-electron chi connectivity index (χ3n) is 5.86. The van der Waals surface area contributed by atoms with Gasteiger partial charge < -0.3 is 20.1 Å². The maximum absolute atomic E-state index is 12.3. The van der Waals surface area contributed by atoms with Crippen LogP contribution in [0.25, 0.3) is 11.1 Å². The number of nitrogens with one attached hydrogen (secondary N) is 2. The molecule has 2 N–H and O–H groups in total. The highest BCUT2D eigenvalue weighted by Gasteiger charge is 2.26. The molecule has 3 aliphatic rings. The molecule has 0 bridgehead atoms. The molecule has 150 valence electrons. The van der Waals surface area contributed by atoms with Crippen molar-refractivity contribution in [1.29, 1.82) is 0 Å². The zero-order valence-corrected chi connectivity index (χ0v) is 16.2. The molecule has 2 aromatic carbocycles. The van der Waals surface area contributed by atoms with E-state index in [4.69, 9.17) is 9.47 Å². The quantitative estimate of drug-likeness (QED) is 0.713. The highest BCUT2D eigenvalue weighted by molar-refractivity contribution is 5.96. The Labute approximate surface area is 169 Å². The lowest BCUT2D eigenvalue weighted by Crippen LogP contribution is -2.26. The minimum Gasteiger partial charge on any atom is -0.368 e. The van der Waals surface area contributed by atoms with E-state index >= 15 is 0 Å². The topological polar surface area (TPSA) is 76.7 Å². The third kappa shape index (κ3) is 3.66. The van der Waals surface area contributed by atoms with E-state index in [1.165, 1.54) is 22.3 Å². The average Bonchev–Trinajstić information content (AvgIpc) is 3.47. The van der Waals surface area contributed by atoms with Crippen LogP contribution in [0, 0.1) is 0 Å². The third-order valence-corrected chi connectivity index (χ3v) is 5.86. The van der Waals surface area contributed by atoms with E-state index in [1.54, 1.807) is 0 Å². The summed E-state index contributed by atoms with van der Waals surface area (Å²) in [5.74, 6) is -0.144. The molecule has 2 saturated heterocycles. The van der Waals surface area contributed by atoms with Gasteiger partial charge in [-0.1, -0.05) is 12.1 Å². The zero-order chi connectivity index (χ0) is 19.8. The van der Waals surface area contributed by atoms with Crippen molar-refractivity contribution in [3.8, 4) is 11.1 Å². The average molecular weight is 392 g/mol. The van der Waals surface area contributed by atoms with Crippen LogP contribution in [-0.2, 0) is 25.5 Å². The van der Waals surface area contributed by atoms with Crippen LogP contribution >= 0.6 is 0 Å². The fraction of sp³-hybridized carbons (Fsp3) is 0.391. The number of hydrogen-bond acceptors (Lipinski definition) is 4. The summed E-state index contributed by atoms with van der Waals surface area (Å²) >= 11 is 0. The van der Waals surface area contributed by atoms with E-state index in [0.29, 0.717) is 13.2 Å². The summed E-state index contributed by atoms with van der Waals surface area (Å²) in [6, 6.07) is 12.1. The molecular weight excluding hydrogens is 368 g/mol. The van der Waals surface area contributed by atoms with E-state index in [1.807, 2.05) is 24.3 Å². The van der Waals surface area contributed by atoms with Crippen molar-refractivity contribution in [3.63, 3.8) is 0 Å². The highest BCUT2D eigenvalue weighted by Crippen LogP contribution is 2.39. The standard InChI is InChI=1S/C23H24N2O4/c26-22(20-3-1-9-28-20)24-16-5-7-18-14(12-16)11-15-13-17(6-8-19(15)18)25-23(27)21-4-2-10-29-21/h5-8,12-13,20-21H,1-4,9-11H2,(H,24,26)(H,25,27)/t20-,21-/m1/s1. The number of rotatable bonds is 4. The lowest BCUT2D eigenvalue weighted by molar-refractivity contribution is -0.125. The first-order valence-electron chi connectivity index (χ1n) is 10.3. The van der Waals surface area contributed by atoms with Gasteiger partial charge in [-0.15, -0.1) is 0 Å². The number of fused-ring (bicyclic) bond motifs is 3. The van der Waals surface area contributed by atoms with Crippen molar-refractivity contribution in [2.24, 2.45) is 0 Å². The summed E-state index contributed by atoms with van der Waals surface area (Å²) in [6.07, 6.45) is 3.53. The van der Waals surface area contributed by atoms with Gasteiger partial charge in [-0.2, -0.15) is 0 Å². The van der Waals surface area contributed by atoms with Gasteiger partial charge >= 0.3 is 0 Å². The summed E-state index contributed by atoms with van der Waals surface area (Å²) in [7, 11) is 0. The van der Waals surface area contributed by atoms with Crippen molar-refractivity contribution in [2.45, 2.75) is 44.3 Å². The summed E-state index contributed by atoms with van der Waals surface area (Å²) < 4.78 is 10.9. The Morgan fingerprint density at radius 3 is 1.66 bits per heavy atom. The zero-order valence-electron chi connectivity index (χ0n) is 16.2. The van der Waals surface area contributed by atoms with E-state index in [9.17, 15) is 9.59 Å². The van der Waals surface area contributed by atoms with Gasteiger partial charge in [0.05, 0.1) is 0 Å². The maximum atomic E-state index is 12.3. The van der Waals surface area contributed by atoms with Crippen LogP contribution in [0.3, 0.4) is 0 Å². The monoisotopic (exact) mass is 392 g/mol. The van der Waals surface area contributed by atoms with E-state index < -0.39 is 0 Å². The van der Waals surface area contributed by atoms with E-state index in [-0.39, 0.29) is 24.0 Å². The Bertz CT molecular complexity index is 882. The summed E-state index contributed by atoms with van der Waals surface area (Å²) in [6.45, 7) is 1.31. The smallest absolute Gasteiger partial charge is 0.253 e. The summed E-state index contributed by atoms with van der Waals surface area (Å²) in [4.78, 5) is 24.6. The lowest BCUT2D eigenvalue weighted by atomic mass is 10.0. The molecule has 0 radical (unpaired) electrons. The van der Waals surface area contributed by atoms with Crippen LogP contribution in [-0.4, -0.2) is 37.2 Å². The molecule has 6 nitrogen and oxygen atoms in total. The molecule has 2 aliphatic heterocycles. The minimum absolute atomic E-state index is 0.0721. The van der Waals surface area contributed by atoms with Crippen molar-refractivity contribution in [2.75, 3.05) is 23.8 Å². The minimum atomic E-state index is -0.338. The van der Waals surface area contributed by atoms with Gasteiger partial charge in [0, 0.05) is 24.6 Å². The van der Waals surface area contributed by atoms with E-state index in [2.05, 4.69) is 22.8 Å². The van der Waals surface area contributed by atoms with Gasteiger partial charge in [-0.05, 0) is 78.6 Å². The highest BCUT2D eigenvalue weighted by atomic mass is 16.5. The van der Waals surface area contributed by atoms with Crippen LogP contribution in [0.1, 0.15) is 36.8 Å². The lowest BCUT2D eigenvalue weighted by Gasteiger charge is -2.12. The number of anilines is 2. The van der Waals surface area contributed by atoms with Gasteiger partial charge in [-0.25, -0.2) is 0 Å². The second-order valence-corrected chi connectivity index (χ2v) is 7.90. The first-order chi connectivity index (χ1) is 14.2. The molecule has 6 heteroatoms. The molecule has 5 rings (SSSR count). The molecule has 0 saturated carbocycles. The van der Waals surface area contributed by atoms with Crippen LogP contribution in [0.5, 0.6) is 0 Å². The molecule has 29 heavy (non-hydrogen) atoms. The molecule has 0 unspecified atom stereocenters.